The molecular weight excluding hydrogens is 519 g/mol. The maximum atomic E-state index is 12.7. The molecule has 0 bridgehead atoms. The molecule has 12 heteroatoms. The van der Waals surface area contributed by atoms with E-state index in [1.54, 1.807) is 36.5 Å². The summed E-state index contributed by atoms with van der Waals surface area (Å²) in [6.07, 6.45) is 1.56. The van der Waals surface area contributed by atoms with E-state index in [9.17, 15) is 14.9 Å². The van der Waals surface area contributed by atoms with Gasteiger partial charge in [0.1, 0.15) is 17.2 Å². The first-order valence-corrected chi connectivity index (χ1v) is 11.1. The van der Waals surface area contributed by atoms with E-state index in [2.05, 4.69) is 10.4 Å². The Labute approximate surface area is 213 Å². The summed E-state index contributed by atoms with van der Waals surface area (Å²) in [5.74, 6) is 0.348. The van der Waals surface area contributed by atoms with Crippen LogP contribution in [0.1, 0.15) is 10.5 Å². The van der Waals surface area contributed by atoms with Crippen molar-refractivity contribution in [3.05, 3.63) is 104 Å². The summed E-state index contributed by atoms with van der Waals surface area (Å²) in [5.41, 5.74) is -0.0690. The molecule has 0 spiro atoms. The minimum Gasteiger partial charge on any atom is -0.471 e. The van der Waals surface area contributed by atoms with Crippen molar-refractivity contribution in [3.8, 4) is 17.2 Å². The summed E-state index contributed by atoms with van der Waals surface area (Å²) in [6, 6.07) is 16.7. The van der Waals surface area contributed by atoms with E-state index in [4.69, 9.17) is 44.3 Å². The normalized spacial score (nSPS) is 10.6. The van der Waals surface area contributed by atoms with Gasteiger partial charge in [-0.05, 0) is 48.5 Å². The number of carbonyl (C=O) groups is 1. The van der Waals surface area contributed by atoms with E-state index in [1.165, 1.54) is 41.1 Å². The maximum absolute atomic E-state index is 12.7. The Morgan fingerprint density at radius 2 is 1.71 bits per heavy atom. The number of anilines is 1. The lowest BCUT2D eigenvalue weighted by Gasteiger charge is -2.10. The van der Waals surface area contributed by atoms with Gasteiger partial charge < -0.3 is 14.8 Å². The molecular formula is C23H15Cl3N4O5. The first kappa shape index (κ1) is 24.3. The summed E-state index contributed by atoms with van der Waals surface area (Å²) in [5, 5.41) is 19.4. The molecule has 0 aliphatic heterocycles. The largest absolute Gasteiger partial charge is 0.471 e. The van der Waals surface area contributed by atoms with Gasteiger partial charge in [-0.1, -0.05) is 34.8 Å². The van der Waals surface area contributed by atoms with Crippen LogP contribution in [-0.2, 0) is 6.73 Å². The van der Waals surface area contributed by atoms with Gasteiger partial charge in [0.05, 0.1) is 21.7 Å². The van der Waals surface area contributed by atoms with E-state index in [0.717, 1.165) is 0 Å². The molecule has 3 aromatic carbocycles. The number of nitro benzene ring substituents is 1. The number of aromatic nitrogens is 2. The van der Waals surface area contributed by atoms with Crippen LogP contribution in [-0.4, -0.2) is 20.6 Å². The van der Waals surface area contributed by atoms with E-state index < -0.39 is 10.8 Å². The Balaban J connectivity index is 1.47. The van der Waals surface area contributed by atoms with Gasteiger partial charge in [-0.15, -0.1) is 0 Å². The second kappa shape index (κ2) is 10.6. The number of amides is 1. The van der Waals surface area contributed by atoms with Crippen LogP contribution >= 0.6 is 34.8 Å². The quantitative estimate of drug-likeness (QED) is 0.196. The third-order valence-electron chi connectivity index (χ3n) is 4.53. The number of carbonyl (C=O) groups excluding carboxylic acids is 1. The van der Waals surface area contributed by atoms with Crippen molar-refractivity contribution < 1.29 is 19.2 Å². The number of nitrogens with zero attached hydrogens (tertiary/aromatic N) is 3. The molecule has 1 amide bonds. The monoisotopic (exact) mass is 532 g/mol. The topological polar surface area (TPSA) is 109 Å². The summed E-state index contributed by atoms with van der Waals surface area (Å²) in [7, 11) is 0. The fourth-order valence-corrected chi connectivity index (χ4v) is 3.50. The molecule has 1 aromatic heterocycles. The van der Waals surface area contributed by atoms with Crippen molar-refractivity contribution in [2.24, 2.45) is 0 Å². The first-order chi connectivity index (χ1) is 16.8. The fourth-order valence-electron chi connectivity index (χ4n) is 2.93. The molecule has 35 heavy (non-hydrogen) atoms. The molecule has 0 unspecified atom stereocenters. The zero-order valence-corrected chi connectivity index (χ0v) is 19.9. The number of halogens is 3. The zero-order valence-electron chi connectivity index (χ0n) is 17.7. The summed E-state index contributed by atoms with van der Waals surface area (Å²) >= 11 is 17.9. The highest BCUT2D eigenvalue weighted by Gasteiger charge is 2.16. The van der Waals surface area contributed by atoms with Gasteiger partial charge in [0, 0.05) is 28.4 Å². The van der Waals surface area contributed by atoms with Gasteiger partial charge in [0.15, 0.2) is 12.4 Å². The molecule has 0 aliphatic rings. The van der Waals surface area contributed by atoms with Crippen LogP contribution in [0.4, 0.5) is 11.4 Å². The second-order valence-electron chi connectivity index (χ2n) is 7.07. The van der Waals surface area contributed by atoms with Crippen molar-refractivity contribution in [2.45, 2.75) is 6.73 Å². The van der Waals surface area contributed by atoms with Crippen molar-refractivity contribution in [1.29, 1.82) is 0 Å². The number of hydrogen-bond acceptors (Lipinski definition) is 6. The average Bonchev–Trinajstić information content (AvgIpc) is 3.30. The van der Waals surface area contributed by atoms with Gasteiger partial charge in [0.25, 0.3) is 11.6 Å². The number of rotatable bonds is 8. The van der Waals surface area contributed by atoms with Crippen molar-refractivity contribution in [3.63, 3.8) is 0 Å². The Morgan fingerprint density at radius 1 is 0.971 bits per heavy atom. The number of ether oxygens (including phenoxy) is 2. The lowest BCUT2D eigenvalue weighted by Crippen LogP contribution is -2.14. The molecule has 0 aliphatic carbocycles. The fraction of sp³-hybridized carbons (Fsp3) is 0.0435. The number of non-ortho nitro benzene ring substituents is 1. The van der Waals surface area contributed by atoms with Crippen molar-refractivity contribution in [1.82, 2.24) is 9.78 Å². The SMILES string of the molecule is O=C(Nc1cc(Oc2ccc(Cl)cc2Cl)cc([N+](=O)[O-])c1)c1ccn(COc2ccc(Cl)cc2)n1. The molecule has 4 rings (SSSR count). The molecule has 0 saturated heterocycles. The summed E-state index contributed by atoms with van der Waals surface area (Å²) < 4.78 is 12.7. The number of nitro groups is 1. The average molecular weight is 534 g/mol. The van der Waals surface area contributed by atoms with Crippen LogP contribution in [0.15, 0.2) is 72.9 Å². The summed E-state index contributed by atoms with van der Waals surface area (Å²) in [6.45, 7) is 0.0611. The van der Waals surface area contributed by atoms with Gasteiger partial charge in [-0.2, -0.15) is 5.10 Å². The molecule has 0 saturated carbocycles. The van der Waals surface area contributed by atoms with E-state index in [0.29, 0.717) is 15.8 Å². The van der Waals surface area contributed by atoms with Gasteiger partial charge in [-0.25, -0.2) is 4.68 Å². The molecule has 4 aromatic rings. The molecule has 0 atom stereocenters. The highest BCUT2D eigenvalue weighted by Crippen LogP contribution is 2.34. The van der Waals surface area contributed by atoms with Crippen molar-refractivity contribution in [2.75, 3.05) is 5.32 Å². The van der Waals surface area contributed by atoms with E-state index in [1.807, 2.05) is 0 Å². The van der Waals surface area contributed by atoms with Crippen LogP contribution in [0, 0.1) is 10.1 Å². The Bertz CT molecular complexity index is 1390. The number of nitrogens with one attached hydrogen (secondary N) is 1. The Kier molecular flexibility index (Phi) is 7.40. The third kappa shape index (κ3) is 6.42. The second-order valence-corrected chi connectivity index (χ2v) is 8.35. The van der Waals surface area contributed by atoms with E-state index in [-0.39, 0.29) is 40.3 Å². The van der Waals surface area contributed by atoms with Gasteiger partial charge in [0.2, 0.25) is 0 Å². The Morgan fingerprint density at radius 3 is 2.43 bits per heavy atom. The molecule has 9 nitrogen and oxygen atoms in total. The lowest BCUT2D eigenvalue weighted by atomic mass is 10.2. The molecule has 178 valence electrons. The maximum Gasteiger partial charge on any atom is 0.276 e. The molecule has 0 radical (unpaired) electrons. The van der Waals surface area contributed by atoms with Crippen LogP contribution in [0.5, 0.6) is 17.2 Å². The predicted octanol–water partition coefficient (Wildman–Crippen LogP) is 6.83. The third-order valence-corrected chi connectivity index (χ3v) is 5.31. The van der Waals surface area contributed by atoms with E-state index >= 15 is 0 Å². The van der Waals surface area contributed by atoms with Crippen LogP contribution in [0.2, 0.25) is 15.1 Å². The van der Waals surface area contributed by atoms with Crippen molar-refractivity contribution >= 4 is 52.1 Å². The highest BCUT2D eigenvalue weighted by atomic mass is 35.5. The van der Waals surface area contributed by atoms with Crippen LogP contribution < -0.4 is 14.8 Å². The number of benzene rings is 3. The standard InChI is InChI=1S/C23H15Cl3N4O5/c24-14-1-4-18(5-2-14)34-13-29-8-7-21(28-29)23(31)27-16-10-17(30(32)33)12-19(11-16)35-22-6-3-15(25)9-20(22)26/h1-12H,13H2,(H,27,31). The number of hydrogen-bond donors (Lipinski definition) is 1. The predicted molar refractivity (Wildman–Crippen MR) is 132 cm³/mol. The lowest BCUT2D eigenvalue weighted by molar-refractivity contribution is -0.384. The zero-order chi connectivity index (χ0) is 24.9. The molecule has 1 N–H and O–H groups in total. The minimum atomic E-state index is -0.602. The molecule has 0 fully saturated rings. The van der Waals surface area contributed by atoms with Crippen LogP contribution in [0.25, 0.3) is 0 Å². The minimum absolute atomic E-state index is 0.0611. The van der Waals surface area contributed by atoms with Gasteiger partial charge in [-0.3, -0.25) is 14.9 Å². The summed E-state index contributed by atoms with van der Waals surface area (Å²) in [4.78, 5) is 23.5. The molecule has 1 heterocycles. The van der Waals surface area contributed by atoms with Gasteiger partial charge >= 0.3 is 0 Å². The highest BCUT2D eigenvalue weighted by molar-refractivity contribution is 6.35. The first-order valence-electron chi connectivity index (χ1n) is 9.92. The van der Waals surface area contributed by atoms with Crippen LogP contribution in [0.3, 0.4) is 0 Å². The smallest absolute Gasteiger partial charge is 0.276 e. The Hall–Kier alpha value is -3.79.